The highest BCUT2D eigenvalue weighted by molar-refractivity contribution is 5.83. The van der Waals surface area contributed by atoms with Gasteiger partial charge in [-0.25, -0.2) is 9.78 Å². The molecule has 0 saturated carbocycles. The van der Waals surface area contributed by atoms with Crippen molar-refractivity contribution in [2.24, 2.45) is 7.05 Å². The summed E-state index contributed by atoms with van der Waals surface area (Å²) in [6, 6.07) is 1.81. The number of hydrogen-bond donors (Lipinski definition) is 1. The molecular formula is C6H5N3O2. The average Bonchev–Trinajstić information content (AvgIpc) is 2.30. The number of aromatic carboxylic acids is 1. The van der Waals surface area contributed by atoms with Crippen molar-refractivity contribution in [2.45, 2.75) is 0 Å². The van der Waals surface area contributed by atoms with E-state index in [1.54, 1.807) is 0 Å². The molecule has 0 amide bonds. The molecule has 0 unspecified atom stereocenters. The number of carboxylic acids is 1. The number of rotatable bonds is 1. The van der Waals surface area contributed by atoms with Gasteiger partial charge in [-0.05, 0) is 0 Å². The predicted octanol–water partition coefficient (Wildman–Crippen LogP) is -0.0100. The van der Waals surface area contributed by atoms with Crippen LogP contribution in [0.1, 0.15) is 16.3 Å². The van der Waals surface area contributed by atoms with Gasteiger partial charge in [-0.3, -0.25) is 0 Å². The van der Waals surface area contributed by atoms with E-state index in [1.165, 1.54) is 17.8 Å². The molecule has 1 aromatic rings. The number of aromatic nitrogens is 2. The first kappa shape index (κ1) is 7.28. The second-order valence-corrected chi connectivity index (χ2v) is 1.94. The Kier molecular flexibility index (Phi) is 1.60. The van der Waals surface area contributed by atoms with Crippen LogP contribution in [-0.2, 0) is 7.05 Å². The van der Waals surface area contributed by atoms with Crippen LogP contribution in [0.2, 0.25) is 0 Å². The number of hydrogen-bond acceptors (Lipinski definition) is 3. The Labute approximate surface area is 62.5 Å². The fourth-order valence-electron chi connectivity index (χ4n) is 0.712. The maximum Gasteiger partial charge on any atom is 0.372 e. The summed E-state index contributed by atoms with van der Waals surface area (Å²) in [4.78, 5) is 13.9. The number of carbonyl (C=O) groups is 1. The predicted molar refractivity (Wildman–Crippen MR) is 34.9 cm³/mol. The summed E-state index contributed by atoms with van der Waals surface area (Å²) in [7, 11) is 1.48. The second-order valence-electron chi connectivity index (χ2n) is 1.94. The van der Waals surface area contributed by atoms with Gasteiger partial charge in [0, 0.05) is 7.05 Å². The van der Waals surface area contributed by atoms with E-state index < -0.39 is 5.97 Å². The van der Waals surface area contributed by atoms with Gasteiger partial charge in [-0.1, -0.05) is 0 Å². The Balaban J connectivity index is 3.24. The van der Waals surface area contributed by atoms with Crippen molar-refractivity contribution in [1.29, 1.82) is 5.26 Å². The van der Waals surface area contributed by atoms with Crippen molar-refractivity contribution < 1.29 is 9.90 Å². The Hall–Kier alpha value is -1.83. The van der Waals surface area contributed by atoms with Gasteiger partial charge in [0.25, 0.3) is 0 Å². The number of nitriles is 1. The molecule has 0 aliphatic heterocycles. The molecule has 0 aromatic carbocycles. The summed E-state index contributed by atoms with van der Waals surface area (Å²) in [6.45, 7) is 0. The Morgan fingerprint density at radius 3 is 2.82 bits per heavy atom. The Bertz CT molecular complexity index is 334. The number of imidazole rings is 1. The van der Waals surface area contributed by atoms with Gasteiger partial charge in [-0.2, -0.15) is 5.26 Å². The molecule has 5 heteroatoms. The topological polar surface area (TPSA) is 78.9 Å². The minimum absolute atomic E-state index is 0.124. The van der Waals surface area contributed by atoms with Crippen LogP contribution in [0, 0.1) is 11.3 Å². The fraction of sp³-hybridized carbons (Fsp3) is 0.167. The zero-order valence-corrected chi connectivity index (χ0v) is 5.77. The molecule has 0 fully saturated rings. The molecule has 56 valence electrons. The monoisotopic (exact) mass is 151 g/mol. The van der Waals surface area contributed by atoms with Crippen molar-refractivity contribution >= 4 is 5.97 Å². The minimum atomic E-state index is -1.13. The Morgan fingerprint density at radius 2 is 2.55 bits per heavy atom. The molecule has 0 bridgehead atoms. The van der Waals surface area contributed by atoms with Crippen LogP contribution in [0.5, 0.6) is 0 Å². The number of carboxylic acid groups (broad SMARTS) is 1. The summed E-state index contributed by atoms with van der Waals surface area (Å²) in [5.74, 6) is -1.25. The van der Waals surface area contributed by atoms with Crippen molar-refractivity contribution in [1.82, 2.24) is 9.55 Å². The van der Waals surface area contributed by atoms with Crippen LogP contribution >= 0.6 is 0 Å². The lowest BCUT2D eigenvalue weighted by molar-refractivity contribution is 0.0679. The quantitative estimate of drug-likeness (QED) is 0.612. The zero-order valence-electron chi connectivity index (χ0n) is 5.77. The van der Waals surface area contributed by atoms with E-state index in [0.29, 0.717) is 0 Å². The smallest absolute Gasteiger partial charge is 0.372 e. The van der Waals surface area contributed by atoms with Crippen LogP contribution in [0.4, 0.5) is 0 Å². The first-order valence-corrected chi connectivity index (χ1v) is 2.82. The van der Waals surface area contributed by atoms with Crippen molar-refractivity contribution in [3.8, 4) is 6.07 Å². The van der Waals surface area contributed by atoms with Gasteiger partial charge in [0.15, 0.2) is 0 Å². The minimum Gasteiger partial charge on any atom is -0.475 e. The van der Waals surface area contributed by atoms with Gasteiger partial charge < -0.3 is 9.67 Å². The summed E-state index contributed by atoms with van der Waals surface area (Å²) in [5.41, 5.74) is 0.238. The van der Waals surface area contributed by atoms with Gasteiger partial charge in [0.05, 0.1) is 6.20 Å². The van der Waals surface area contributed by atoms with Crippen molar-refractivity contribution in [3.05, 3.63) is 17.7 Å². The molecule has 1 heterocycles. The van der Waals surface area contributed by atoms with Gasteiger partial charge >= 0.3 is 5.97 Å². The maximum atomic E-state index is 10.4. The molecule has 0 aliphatic carbocycles. The summed E-state index contributed by atoms with van der Waals surface area (Å²) in [6.07, 6.45) is 1.23. The maximum absolute atomic E-state index is 10.4. The standard InChI is InChI=1S/C6H5N3O2/c1-9-4(2-7)3-8-5(9)6(10)11/h3H,1H3,(H,10,11). The van der Waals surface area contributed by atoms with E-state index in [4.69, 9.17) is 10.4 Å². The van der Waals surface area contributed by atoms with Crippen LogP contribution in [-0.4, -0.2) is 20.6 Å². The zero-order chi connectivity index (χ0) is 8.43. The van der Waals surface area contributed by atoms with Crippen LogP contribution in [0.15, 0.2) is 6.20 Å². The molecule has 1 N–H and O–H groups in total. The third-order valence-electron chi connectivity index (χ3n) is 1.29. The third-order valence-corrected chi connectivity index (χ3v) is 1.29. The van der Waals surface area contributed by atoms with Crippen LogP contribution in [0.25, 0.3) is 0 Å². The van der Waals surface area contributed by atoms with Crippen LogP contribution in [0.3, 0.4) is 0 Å². The van der Waals surface area contributed by atoms with E-state index in [9.17, 15) is 4.79 Å². The molecule has 0 saturated heterocycles. The highest BCUT2D eigenvalue weighted by Gasteiger charge is 2.11. The summed E-state index contributed by atoms with van der Waals surface area (Å²) >= 11 is 0. The lowest BCUT2D eigenvalue weighted by Gasteiger charge is -1.93. The van der Waals surface area contributed by atoms with Crippen molar-refractivity contribution in [3.63, 3.8) is 0 Å². The lowest BCUT2D eigenvalue weighted by Crippen LogP contribution is -2.06. The molecule has 0 spiro atoms. The molecule has 0 aliphatic rings. The fourth-order valence-corrected chi connectivity index (χ4v) is 0.712. The average molecular weight is 151 g/mol. The molecule has 5 nitrogen and oxygen atoms in total. The van der Waals surface area contributed by atoms with Gasteiger partial charge in [0.1, 0.15) is 11.8 Å². The summed E-state index contributed by atoms with van der Waals surface area (Å²) < 4.78 is 1.22. The molecular weight excluding hydrogens is 146 g/mol. The first-order valence-electron chi connectivity index (χ1n) is 2.82. The van der Waals surface area contributed by atoms with E-state index in [-0.39, 0.29) is 11.5 Å². The van der Waals surface area contributed by atoms with Crippen LogP contribution < -0.4 is 0 Å². The number of nitrogens with zero attached hydrogens (tertiary/aromatic N) is 3. The molecule has 1 rings (SSSR count). The van der Waals surface area contributed by atoms with E-state index in [1.807, 2.05) is 6.07 Å². The van der Waals surface area contributed by atoms with E-state index in [2.05, 4.69) is 4.98 Å². The first-order chi connectivity index (χ1) is 5.16. The Morgan fingerprint density at radius 1 is 1.91 bits per heavy atom. The van der Waals surface area contributed by atoms with E-state index >= 15 is 0 Å². The SMILES string of the molecule is Cn1c(C#N)cnc1C(=O)O. The highest BCUT2D eigenvalue weighted by atomic mass is 16.4. The molecule has 0 radical (unpaired) electrons. The highest BCUT2D eigenvalue weighted by Crippen LogP contribution is 2.00. The largest absolute Gasteiger partial charge is 0.475 e. The van der Waals surface area contributed by atoms with Crippen molar-refractivity contribution in [2.75, 3.05) is 0 Å². The molecule has 0 atom stereocenters. The van der Waals surface area contributed by atoms with E-state index in [0.717, 1.165) is 0 Å². The summed E-state index contributed by atoms with van der Waals surface area (Å²) in [5, 5.41) is 16.9. The lowest BCUT2D eigenvalue weighted by atomic mass is 10.5. The third kappa shape index (κ3) is 1.05. The molecule has 11 heavy (non-hydrogen) atoms. The van der Waals surface area contributed by atoms with Gasteiger partial charge in [-0.15, -0.1) is 0 Å². The second kappa shape index (κ2) is 2.42. The normalized spacial score (nSPS) is 9.09. The molecule has 1 aromatic heterocycles. The van der Waals surface area contributed by atoms with Gasteiger partial charge in [0.2, 0.25) is 5.82 Å².